The number of fused-ring (bicyclic) bond motifs is 1. The predicted octanol–water partition coefficient (Wildman–Crippen LogP) is 2.89. The molecule has 1 heterocycles. The summed E-state index contributed by atoms with van der Waals surface area (Å²) in [6, 6.07) is 7.79. The third kappa shape index (κ3) is 1.52. The Bertz CT molecular complexity index is 466. The number of pyridine rings is 1. The molecular formula is C10H9BrN2. The first-order valence-corrected chi connectivity index (χ1v) is 4.78. The summed E-state index contributed by atoms with van der Waals surface area (Å²) in [5.41, 5.74) is 8.54. The van der Waals surface area contributed by atoms with Crippen molar-refractivity contribution in [3.8, 4) is 0 Å². The van der Waals surface area contributed by atoms with Crippen LogP contribution in [0.4, 0.5) is 5.69 Å². The summed E-state index contributed by atoms with van der Waals surface area (Å²) in [7, 11) is 0. The highest BCUT2D eigenvalue weighted by molar-refractivity contribution is 9.10. The topological polar surface area (TPSA) is 38.9 Å². The fraction of sp³-hybridized carbons (Fsp3) is 0.100. The van der Waals surface area contributed by atoms with Crippen molar-refractivity contribution in [3.05, 3.63) is 34.4 Å². The van der Waals surface area contributed by atoms with Crippen molar-refractivity contribution < 1.29 is 0 Å². The second-order valence-corrected chi connectivity index (χ2v) is 3.93. The molecular weight excluding hydrogens is 228 g/mol. The predicted molar refractivity (Wildman–Crippen MR) is 58.6 cm³/mol. The van der Waals surface area contributed by atoms with E-state index in [9.17, 15) is 0 Å². The van der Waals surface area contributed by atoms with Crippen molar-refractivity contribution in [3.63, 3.8) is 0 Å². The zero-order valence-corrected chi connectivity index (χ0v) is 8.80. The number of nitrogens with two attached hydrogens (primary N) is 1. The molecule has 13 heavy (non-hydrogen) atoms. The Balaban J connectivity index is 2.87. The van der Waals surface area contributed by atoms with Gasteiger partial charge in [-0.15, -0.1) is 0 Å². The monoisotopic (exact) mass is 236 g/mol. The average molecular weight is 237 g/mol. The van der Waals surface area contributed by atoms with Crippen molar-refractivity contribution in [2.45, 2.75) is 6.92 Å². The van der Waals surface area contributed by atoms with Crippen LogP contribution in [0.5, 0.6) is 0 Å². The van der Waals surface area contributed by atoms with Gasteiger partial charge in [-0.1, -0.05) is 15.9 Å². The molecule has 66 valence electrons. The maximum atomic E-state index is 5.87. The number of nitrogen functional groups attached to an aromatic ring is 1. The molecule has 0 aliphatic rings. The summed E-state index contributed by atoms with van der Waals surface area (Å²) in [6.45, 7) is 1.94. The summed E-state index contributed by atoms with van der Waals surface area (Å²) in [5, 5.41) is 1.000. The number of anilines is 1. The molecule has 2 rings (SSSR count). The number of aryl methyl sites for hydroxylation is 1. The summed E-state index contributed by atoms with van der Waals surface area (Å²) >= 11 is 3.40. The normalized spacial score (nSPS) is 10.6. The van der Waals surface area contributed by atoms with E-state index in [1.807, 2.05) is 31.2 Å². The average Bonchev–Trinajstić information content (AvgIpc) is 2.06. The highest BCUT2D eigenvalue weighted by Crippen LogP contribution is 2.23. The number of halogens is 1. The number of benzene rings is 1. The Morgan fingerprint density at radius 2 is 2.08 bits per heavy atom. The molecule has 0 bridgehead atoms. The second-order valence-electron chi connectivity index (χ2n) is 3.01. The minimum absolute atomic E-state index is 0.781. The second kappa shape index (κ2) is 3.00. The van der Waals surface area contributed by atoms with Gasteiger partial charge in [0.1, 0.15) is 0 Å². The van der Waals surface area contributed by atoms with Gasteiger partial charge in [-0.05, 0) is 31.2 Å². The molecule has 0 unspecified atom stereocenters. The van der Waals surface area contributed by atoms with E-state index in [0.717, 1.165) is 26.8 Å². The lowest BCUT2D eigenvalue weighted by Crippen LogP contribution is -1.91. The van der Waals surface area contributed by atoms with Crippen molar-refractivity contribution in [2.75, 3.05) is 5.73 Å². The minimum Gasteiger partial charge on any atom is -0.398 e. The molecule has 0 radical (unpaired) electrons. The summed E-state index contributed by atoms with van der Waals surface area (Å²) in [4.78, 5) is 4.38. The number of hydrogen-bond donors (Lipinski definition) is 1. The Morgan fingerprint density at radius 1 is 1.31 bits per heavy atom. The minimum atomic E-state index is 0.781. The van der Waals surface area contributed by atoms with Crippen LogP contribution in [0.1, 0.15) is 5.69 Å². The van der Waals surface area contributed by atoms with Crippen LogP contribution in [-0.4, -0.2) is 4.98 Å². The molecule has 0 saturated carbocycles. The Morgan fingerprint density at radius 3 is 2.85 bits per heavy atom. The van der Waals surface area contributed by atoms with E-state index in [1.54, 1.807) is 0 Å². The molecule has 0 aliphatic carbocycles. The molecule has 1 aromatic heterocycles. The first-order valence-electron chi connectivity index (χ1n) is 3.99. The summed E-state index contributed by atoms with van der Waals surface area (Å²) in [6.07, 6.45) is 0. The van der Waals surface area contributed by atoms with Crippen molar-refractivity contribution in [1.82, 2.24) is 4.98 Å². The van der Waals surface area contributed by atoms with Gasteiger partial charge in [0, 0.05) is 21.2 Å². The quantitative estimate of drug-likeness (QED) is 0.765. The lowest BCUT2D eigenvalue weighted by molar-refractivity contribution is 1.26. The summed E-state index contributed by atoms with van der Waals surface area (Å²) in [5.74, 6) is 0. The van der Waals surface area contributed by atoms with Crippen LogP contribution in [0, 0.1) is 6.92 Å². The van der Waals surface area contributed by atoms with E-state index in [4.69, 9.17) is 5.73 Å². The van der Waals surface area contributed by atoms with Crippen molar-refractivity contribution in [1.29, 1.82) is 0 Å². The molecule has 0 atom stereocenters. The van der Waals surface area contributed by atoms with Gasteiger partial charge in [0.25, 0.3) is 0 Å². The highest BCUT2D eigenvalue weighted by atomic mass is 79.9. The van der Waals surface area contributed by atoms with Crippen LogP contribution in [0.2, 0.25) is 0 Å². The molecule has 0 spiro atoms. The molecule has 0 fully saturated rings. The molecule has 3 heteroatoms. The van der Waals surface area contributed by atoms with Gasteiger partial charge in [-0.25, -0.2) is 0 Å². The Labute approximate surface area is 84.9 Å². The van der Waals surface area contributed by atoms with E-state index in [2.05, 4.69) is 20.9 Å². The van der Waals surface area contributed by atoms with Crippen molar-refractivity contribution in [2.24, 2.45) is 0 Å². The lowest BCUT2D eigenvalue weighted by Gasteiger charge is -2.03. The van der Waals surface area contributed by atoms with Gasteiger partial charge in [-0.2, -0.15) is 0 Å². The van der Waals surface area contributed by atoms with Gasteiger partial charge in [0.2, 0.25) is 0 Å². The van der Waals surface area contributed by atoms with E-state index < -0.39 is 0 Å². The molecule has 0 aliphatic heterocycles. The number of aromatic nitrogens is 1. The van der Waals surface area contributed by atoms with E-state index >= 15 is 0 Å². The van der Waals surface area contributed by atoms with Crippen molar-refractivity contribution >= 4 is 32.5 Å². The molecule has 1 aromatic carbocycles. The summed E-state index contributed by atoms with van der Waals surface area (Å²) < 4.78 is 1.03. The zero-order valence-electron chi connectivity index (χ0n) is 7.21. The van der Waals surface area contributed by atoms with Crippen LogP contribution in [-0.2, 0) is 0 Å². The third-order valence-electron chi connectivity index (χ3n) is 1.93. The first-order chi connectivity index (χ1) is 6.16. The van der Waals surface area contributed by atoms with E-state index in [0.29, 0.717) is 0 Å². The number of rotatable bonds is 0. The van der Waals surface area contributed by atoms with E-state index in [-0.39, 0.29) is 0 Å². The van der Waals surface area contributed by atoms with Crippen LogP contribution >= 0.6 is 15.9 Å². The fourth-order valence-electron chi connectivity index (χ4n) is 1.36. The first kappa shape index (κ1) is 8.51. The third-order valence-corrected chi connectivity index (χ3v) is 2.42. The van der Waals surface area contributed by atoms with Crippen LogP contribution in [0.25, 0.3) is 10.9 Å². The largest absolute Gasteiger partial charge is 0.398 e. The maximum Gasteiger partial charge on any atom is 0.0726 e. The van der Waals surface area contributed by atoms with Gasteiger partial charge in [-0.3, -0.25) is 4.98 Å². The fourth-order valence-corrected chi connectivity index (χ4v) is 1.72. The smallest absolute Gasteiger partial charge is 0.0726 e. The molecule has 2 aromatic rings. The standard InChI is InChI=1S/C10H9BrN2/c1-6-4-9(12)8-5-7(11)2-3-10(8)13-6/h2-5H,1H3,(H2,12,13). The number of hydrogen-bond acceptors (Lipinski definition) is 2. The SMILES string of the molecule is Cc1cc(N)c2cc(Br)ccc2n1. The zero-order chi connectivity index (χ0) is 9.42. The Kier molecular flexibility index (Phi) is 1.96. The number of nitrogens with zero attached hydrogens (tertiary/aromatic N) is 1. The molecule has 0 saturated heterocycles. The van der Waals surface area contributed by atoms with Crippen LogP contribution < -0.4 is 5.73 Å². The Hall–Kier alpha value is -1.09. The van der Waals surface area contributed by atoms with Gasteiger partial charge in [0.15, 0.2) is 0 Å². The highest BCUT2D eigenvalue weighted by Gasteiger charge is 2.00. The molecule has 2 N–H and O–H groups in total. The lowest BCUT2D eigenvalue weighted by atomic mass is 10.2. The van der Waals surface area contributed by atoms with Gasteiger partial charge in [0.05, 0.1) is 5.52 Å². The van der Waals surface area contributed by atoms with Gasteiger partial charge >= 0.3 is 0 Å². The van der Waals surface area contributed by atoms with Gasteiger partial charge < -0.3 is 5.73 Å². The maximum absolute atomic E-state index is 5.87. The van der Waals surface area contributed by atoms with Crippen LogP contribution in [0.3, 0.4) is 0 Å². The van der Waals surface area contributed by atoms with E-state index in [1.165, 1.54) is 0 Å². The molecule has 0 amide bonds. The van der Waals surface area contributed by atoms with Crippen LogP contribution in [0.15, 0.2) is 28.7 Å². The molecule has 2 nitrogen and oxygen atoms in total.